The summed E-state index contributed by atoms with van der Waals surface area (Å²) >= 11 is 0. The summed E-state index contributed by atoms with van der Waals surface area (Å²) in [6.07, 6.45) is 3.78. The van der Waals surface area contributed by atoms with E-state index in [2.05, 4.69) is 69.0 Å². The number of anilines is 1. The fourth-order valence-electron chi connectivity index (χ4n) is 4.78. The molecule has 1 amide bonds. The molecule has 0 fully saturated rings. The van der Waals surface area contributed by atoms with E-state index in [-0.39, 0.29) is 17.9 Å². The van der Waals surface area contributed by atoms with Gasteiger partial charge in [0, 0.05) is 58.3 Å². The molecule has 2 aliphatic heterocycles. The highest BCUT2D eigenvalue weighted by Crippen LogP contribution is 2.28. The molecule has 1 atom stereocenters. The number of hydrogen-bond acceptors (Lipinski definition) is 5. The molecule has 2 aliphatic rings. The van der Waals surface area contributed by atoms with Gasteiger partial charge in [-0.3, -0.25) is 9.69 Å². The van der Waals surface area contributed by atoms with Gasteiger partial charge in [0.2, 0.25) is 5.91 Å². The van der Waals surface area contributed by atoms with Crippen LogP contribution in [0.5, 0.6) is 0 Å². The molecular weight excluding hydrogens is 388 g/mol. The molecule has 168 valence electrons. The van der Waals surface area contributed by atoms with E-state index in [1.165, 1.54) is 29.7 Å². The van der Waals surface area contributed by atoms with E-state index < -0.39 is 0 Å². The van der Waals surface area contributed by atoms with E-state index in [0.29, 0.717) is 6.42 Å². The molecular formula is C24H36N6O. The van der Waals surface area contributed by atoms with Gasteiger partial charge in [-0.25, -0.2) is 0 Å². The number of aryl methyl sites for hydroxylation is 1. The van der Waals surface area contributed by atoms with Gasteiger partial charge in [0.05, 0.1) is 6.04 Å². The van der Waals surface area contributed by atoms with Crippen LogP contribution in [-0.2, 0) is 30.7 Å². The maximum absolute atomic E-state index is 12.1. The van der Waals surface area contributed by atoms with Crippen molar-refractivity contribution in [2.75, 3.05) is 31.6 Å². The van der Waals surface area contributed by atoms with Gasteiger partial charge in [-0.1, -0.05) is 32.9 Å². The molecule has 0 aliphatic carbocycles. The molecule has 2 aromatic rings. The van der Waals surface area contributed by atoms with Gasteiger partial charge >= 0.3 is 0 Å². The second kappa shape index (κ2) is 9.39. The Morgan fingerprint density at radius 3 is 2.74 bits per heavy atom. The molecule has 0 saturated carbocycles. The lowest BCUT2D eigenvalue weighted by Crippen LogP contribution is -2.34. The SMILES string of the molecule is CCC(=O)NC(c1nnc2n1CCN(Cc1ccc3c(c1)CCCN3C)CC2)C(C)C. The normalized spacial score (nSPS) is 17.8. The van der Waals surface area contributed by atoms with Crippen molar-refractivity contribution in [2.24, 2.45) is 5.92 Å². The molecule has 7 nitrogen and oxygen atoms in total. The molecule has 0 bridgehead atoms. The van der Waals surface area contributed by atoms with Crippen LogP contribution < -0.4 is 10.2 Å². The first-order valence-electron chi connectivity index (χ1n) is 11.7. The van der Waals surface area contributed by atoms with Gasteiger partial charge in [-0.05, 0) is 36.0 Å². The first-order valence-corrected chi connectivity index (χ1v) is 11.7. The van der Waals surface area contributed by atoms with Crippen molar-refractivity contribution in [3.05, 3.63) is 41.0 Å². The van der Waals surface area contributed by atoms with Crippen molar-refractivity contribution >= 4 is 11.6 Å². The highest BCUT2D eigenvalue weighted by atomic mass is 16.1. The molecule has 0 radical (unpaired) electrons. The van der Waals surface area contributed by atoms with Gasteiger partial charge in [0.1, 0.15) is 5.82 Å². The van der Waals surface area contributed by atoms with Crippen molar-refractivity contribution in [3.63, 3.8) is 0 Å². The molecule has 1 N–H and O–H groups in total. The number of aromatic nitrogens is 3. The topological polar surface area (TPSA) is 66.3 Å². The van der Waals surface area contributed by atoms with Gasteiger partial charge in [-0.15, -0.1) is 10.2 Å². The minimum Gasteiger partial charge on any atom is -0.374 e. The summed E-state index contributed by atoms with van der Waals surface area (Å²) in [5.41, 5.74) is 4.25. The van der Waals surface area contributed by atoms with Crippen LogP contribution in [-0.4, -0.2) is 52.3 Å². The van der Waals surface area contributed by atoms with Crippen molar-refractivity contribution < 1.29 is 4.79 Å². The smallest absolute Gasteiger partial charge is 0.220 e. The minimum absolute atomic E-state index is 0.0596. The van der Waals surface area contributed by atoms with E-state index in [4.69, 9.17) is 0 Å². The Morgan fingerprint density at radius 2 is 1.97 bits per heavy atom. The van der Waals surface area contributed by atoms with Crippen LogP contribution in [0.15, 0.2) is 18.2 Å². The lowest BCUT2D eigenvalue weighted by atomic mass is 9.99. The van der Waals surface area contributed by atoms with Gasteiger partial charge in [0.25, 0.3) is 0 Å². The lowest BCUT2D eigenvalue weighted by molar-refractivity contribution is -0.121. The van der Waals surface area contributed by atoms with Crippen molar-refractivity contribution in [1.29, 1.82) is 0 Å². The molecule has 0 saturated heterocycles. The largest absolute Gasteiger partial charge is 0.374 e. The van der Waals surface area contributed by atoms with E-state index in [0.717, 1.165) is 50.8 Å². The second-order valence-corrected chi connectivity index (χ2v) is 9.28. The van der Waals surface area contributed by atoms with Crippen LogP contribution in [0.25, 0.3) is 0 Å². The minimum atomic E-state index is -0.0992. The fraction of sp³-hybridized carbons (Fsp3) is 0.625. The van der Waals surface area contributed by atoms with Crippen molar-refractivity contribution in [2.45, 2.75) is 65.6 Å². The number of fused-ring (bicyclic) bond motifs is 2. The van der Waals surface area contributed by atoms with Crippen LogP contribution in [0.1, 0.15) is 62.4 Å². The molecule has 0 spiro atoms. The molecule has 4 rings (SSSR count). The molecule has 3 heterocycles. The van der Waals surface area contributed by atoms with Crippen LogP contribution in [0.2, 0.25) is 0 Å². The predicted molar refractivity (Wildman–Crippen MR) is 123 cm³/mol. The summed E-state index contributed by atoms with van der Waals surface area (Å²) in [6.45, 7) is 11.0. The van der Waals surface area contributed by atoms with E-state index >= 15 is 0 Å². The van der Waals surface area contributed by atoms with E-state index in [9.17, 15) is 4.79 Å². The molecule has 7 heteroatoms. The maximum Gasteiger partial charge on any atom is 0.220 e. The van der Waals surface area contributed by atoms with E-state index in [1.54, 1.807) is 0 Å². The number of nitrogens with zero attached hydrogens (tertiary/aromatic N) is 5. The van der Waals surface area contributed by atoms with Gasteiger partial charge < -0.3 is 14.8 Å². The van der Waals surface area contributed by atoms with Crippen LogP contribution in [0, 0.1) is 5.92 Å². The third-order valence-electron chi connectivity index (χ3n) is 6.63. The standard InChI is InChI=1S/C24H36N6O/c1-5-22(31)25-23(17(2)3)24-27-26-21-10-12-29(13-14-30(21)24)16-18-8-9-20-19(15-18)7-6-11-28(20)4/h8-9,15,17,23H,5-7,10-14,16H2,1-4H3,(H,25,31). The molecule has 31 heavy (non-hydrogen) atoms. The number of benzene rings is 1. The van der Waals surface area contributed by atoms with Crippen LogP contribution in [0.3, 0.4) is 0 Å². The van der Waals surface area contributed by atoms with Gasteiger partial charge in [0.15, 0.2) is 5.82 Å². The summed E-state index contributed by atoms with van der Waals surface area (Å²) in [7, 11) is 2.19. The third-order valence-corrected chi connectivity index (χ3v) is 6.63. The number of carbonyl (C=O) groups is 1. The summed E-state index contributed by atoms with van der Waals surface area (Å²) in [6, 6.07) is 6.87. The van der Waals surface area contributed by atoms with Gasteiger partial charge in [-0.2, -0.15) is 0 Å². The Balaban J connectivity index is 1.46. The zero-order chi connectivity index (χ0) is 22.0. The Morgan fingerprint density at radius 1 is 1.13 bits per heavy atom. The average Bonchev–Trinajstić information content (AvgIpc) is 3.05. The third kappa shape index (κ3) is 4.76. The molecule has 1 aromatic heterocycles. The summed E-state index contributed by atoms with van der Waals surface area (Å²) in [5, 5.41) is 12.1. The number of amides is 1. The Bertz CT molecular complexity index is 921. The Kier molecular flexibility index (Phi) is 6.60. The number of carbonyl (C=O) groups excluding carboxylic acids is 1. The Labute approximate surface area is 185 Å². The number of rotatable bonds is 6. The predicted octanol–water partition coefficient (Wildman–Crippen LogP) is 2.94. The second-order valence-electron chi connectivity index (χ2n) is 9.28. The quantitative estimate of drug-likeness (QED) is 0.772. The summed E-state index contributed by atoms with van der Waals surface area (Å²) in [5.74, 6) is 2.24. The highest BCUT2D eigenvalue weighted by Gasteiger charge is 2.27. The first-order chi connectivity index (χ1) is 15.0. The Hall–Kier alpha value is -2.41. The average molecular weight is 425 g/mol. The van der Waals surface area contributed by atoms with E-state index in [1.807, 2.05) is 6.92 Å². The summed E-state index contributed by atoms with van der Waals surface area (Å²) in [4.78, 5) is 16.9. The van der Waals surface area contributed by atoms with Crippen molar-refractivity contribution in [3.8, 4) is 0 Å². The van der Waals surface area contributed by atoms with Crippen LogP contribution in [0.4, 0.5) is 5.69 Å². The zero-order valence-electron chi connectivity index (χ0n) is 19.4. The molecule has 1 unspecified atom stereocenters. The number of nitrogens with one attached hydrogen (secondary N) is 1. The first kappa shape index (κ1) is 21.8. The number of hydrogen-bond donors (Lipinski definition) is 1. The maximum atomic E-state index is 12.1. The molecule has 1 aromatic carbocycles. The monoisotopic (exact) mass is 424 g/mol. The zero-order valence-corrected chi connectivity index (χ0v) is 19.4. The van der Waals surface area contributed by atoms with Crippen molar-refractivity contribution in [1.82, 2.24) is 25.0 Å². The van der Waals surface area contributed by atoms with Crippen LogP contribution >= 0.6 is 0 Å². The highest BCUT2D eigenvalue weighted by molar-refractivity contribution is 5.75. The lowest BCUT2D eigenvalue weighted by Gasteiger charge is -2.28. The summed E-state index contributed by atoms with van der Waals surface area (Å²) < 4.78 is 2.24. The fourth-order valence-corrected chi connectivity index (χ4v) is 4.78.